The summed E-state index contributed by atoms with van der Waals surface area (Å²) in [7, 11) is 0. The van der Waals surface area contributed by atoms with E-state index in [-0.39, 0.29) is 30.9 Å². The molecule has 0 aliphatic heterocycles. The summed E-state index contributed by atoms with van der Waals surface area (Å²) in [6.07, 6.45) is 52.7. The van der Waals surface area contributed by atoms with Crippen molar-refractivity contribution in [1.82, 2.24) is 10.6 Å². The van der Waals surface area contributed by atoms with Crippen molar-refractivity contribution in [3.63, 3.8) is 0 Å². The molecule has 0 heterocycles. The van der Waals surface area contributed by atoms with Crippen LogP contribution in [0.4, 0.5) is 0 Å². The number of unbranched alkanes of at least 4 members (excludes halogenated alkanes) is 19. The Labute approximate surface area is 353 Å². The largest absolute Gasteiger partial charge is 0.480 e. The number of esters is 1. The van der Waals surface area contributed by atoms with Gasteiger partial charge in [0.2, 0.25) is 11.8 Å². The number of allylic oxidation sites excluding steroid dienone is 9. The van der Waals surface area contributed by atoms with Gasteiger partial charge in [-0.25, -0.2) is 4.79 Å². The Morgan fingerprint density at radius 3 is 1.59 bits per heavy atom. The molecule has 0 radical (unpaired) electrons. The molecule has 9 nitrogen and oxygen atoms in total. The van der Waals surface area contributed by atoms with Gasteiger partial charge in [-0.05, 0) is 83.1 Å². The highest BCUT2D eigenvalue weighted by molar-refractivity contribution is 5.87. The number of aliphatic carboxylic acids is 1. The molecule has 0 aromatic carbocycles. The summed E-state index contributed by atoms with van der Waals surface area (Å²) in [5.74, 6) is -2.40. The van der Waals surface area contributed by atoms with Gasteiger partial charge in [-0.2, -0.15) is 0 Å². The van der Waals surface area contributed by atoms with Gasteiger partial charge in [0.1, 0.15) is 12.1 Å². The number of aliphatic hydroxyl groups excluding tert-OH is 1. The molecule has 332 valence electrons. The number of hydrogen-bond donors (Lipinski definition) is 4. The number of carbonyl (C=O) groups is 4. The van der Waals surface area contributed by atoms with Crippen LogP contribution in [0, 0.1) is 0 Å². The van der Waals surface area contributed by atoms with Crippen LogP contribution in [-0.4, -0.2) is 59.3 Å². The molecule has 4 N–H and O–H groups in total. The van der Waals surface area contributed by atoms with E-state index < -0.39 is 24.5 Å². The van der Waals surface area contributed by atoms with Crippen LogP contribution in [0.3, 0.4) is 0 Å². The van der Waals surface area contributed by atoms with Gasteiger partial charge in [0.25, 0.3) is 0 Å². The minimum absolute atomic E-state index is 0.117. The van der Waals surface area contributed by atoms with Crippen molar-refractivity contribution in [3.8, 4) is 0 Å². The predicted octanol–water partition coefficient (Wildman–Crippen LogP) is 11.7. The predicted molar refractivity (Wildman–Crippen MR) is 240 cm³/mol. The normalized spacial score (nSPS) is 13.0. The zero-order chi connectivity index (χ0) is 42.6. The molecular formula is C49H84N2O7. The molecule has 0 rings (SSSR count). The topological polar surface area (TPSA) is 142 Å². The van der Waals surface area contributed by atoms with Crippen LogP contribution < -0.4 is 10.6 Å². The summed E-state index contributed by atoms with van der Waals surface area (Å²) in [5.41, 5.74) is 0. The second-order valence-corrected chi connectivity index (χ2v) is 15.5. The number of rotatable bonds is 41. The molecule has 2 atom stereocenters. The van der Waals surface area contributed by atoms with E-state index in [1.807, 2.05) is 0 Å². The fourth-order valence-electron chi connectivity index (χ4n) is 6.44. The second-order valence-electron chi connectivity index (χ2n) is 15.5. The summed E-state index contributed by atoms with van der Waals surface area (Å²) < 4.78 is 5.92. The number of ether oxygens (including phenoxy) is 1. The lowest BCUT2D eigenvalue weighted by Gasteiger charge is -2.15. The van der Waals surface area contributed by atoms with E-state index in [4.69, 9.17) is 14.9 Å². The highest BCUT2D eigenvalue weighted by Crippen LogP contribution is 2.16. The first-order chi connectivity index (χ1) is 28.3. The van der Waals surface area contributed by atoms with Gasteiger partial charge < -0.3 is 25.6 Å². The zero-order valence-electron chi connectivity index (χ0n) is 36.8. The zero-order valence-corrected chi connectivity index (χ0v) is 36.8. The van der Waals surface area contributed by atoms with Gasteiger partial charge in [-0.1, -0.05) is 165 Å². The van der Waals surface area contributed by atoms with Crippen molar-refractivity contribution in [1.29, 1.82) is 0 Å². The van der Waals surface area contributed by atoms with Crippen LogP contribution in [0.1, 0.15) is 200 Å². The summed E-state index contributed by atoms with van der Waals surface area (Å²) in [6.45, 7) is 3.33. The van der Waals surface area contributed by atoms with E-state index in [2.05, 4.69) is 85.2 Å². The van der Waals surface area contributed by atoms with Gasteiger partial charge in [0.15, 0.2) is 0 Å². The maximum Gasteiger partial charge on any atom is 0.328 e. The van der Waals surface area contributed by atoms with Gasteiger partial charge in [0, 0.05) is 12.8 Å². The SMILES string of the molecule is CC/C=C\C/C=C\C/C=C\C/C=C\CCCCCCCCCCCCC(=O)OC(/C=C\CCCCCCCC)CCCCCCC(=O)NCC(=O)NC(CO)C(=O)O. The lowest BCUT2D eigenvalue weighted by atomic mass is 10.0. The second kappa shape index (κ2) is 43.1. The molecule has 0 fully saturated rings. The van der Waals surface area contributed by atoms with Crippen LogP contribution in [-0.2, 0) is 23.9 Å². The highest BCUT2D eigenvalue weighted by Gasteiger charge is 2.18. The monoisotopic (exact) mass is 813 g/mol. The average molecular weight is 813 g/mol. The quantitative estimate of drug-likeness (QED) is 0.0273. The summed E-state index contributed by atoms with van der Waals surface area (Å²) in [5, 5.41) is 22.6. The Bertz CT molecular complexity index is 1160. The molecule has 0 saturated heterocycles. The summed E-state index contributed by atoms with van der Waals surface area (Å²) in [6, 6.07) is -1.39. The lowest BCUT2D eigenvalue weighted by molar-refractivity contribution is -0.147. The van der Waals surface area contributed by atoms with E-state index in [1.165, 1.54) is 89.9 Å². The number of carboxylic acids is 1. The summed E-state index contributed by atoms with van der Waals surface area (Å²) >= 11 is 0. The number of carboxylic acid groups (broad SMARTS) is 1. The molecule has 58 heavy (non-hydrogen) atoms. The Kier molecular flexibility index (Phi) is 40.6. The first-order valence-corrected chi connectivity index (χ1v) is 23.2. The minimum atomic E-state index is -1.39. The van der Waals surface area contributed by atoms with Gasteiger partial charge in [-0.3, -0.25) is 14.4 Å². The first kappa shape index (κ1) is 54.5. The van der Waals surface area contributed by atoms with Crippen molar-refractivity contribution in [3.05, 3.63) is 60.8 Å². The molecule has 0 aliphatic rings. The van der Waals surface area contributed by atoms with Crippen molar-refractivity contribution >= 4 is 23.8 Å². The number of amides is 2. The number of nitrogens with one attached hydrogen (secondary N) is 2. The molecule has 2 unspecified atom stereocenters. The molecule has 0 aromatic heterocycles. The van der Waals surface area contributed by atoms with Crippen molar-refractivity contribution in [2.24, 2.45) is 0 Å². The number of hydrogen-bond acceptors (Lipinski definition) is 6. The first-order valence-electron chi connectivity index (χ1n) is 23.2. The summed E-state index contributed by atoms with van der Waals surface area (Å²) in [4.78, 5) is 47.6. The van der Waals surface area contributed by atoms with Crippen molar-refractivity contribution in [2.75, 3.05) is 13.2 Å². The van der Waals surface area contributed by atoms with E-state index in [0.717, 1.165) is 77.0 Å². The standard InChI is InChI=1S/C49H84N2O7/c1-3-5-7-9-11-13-14-15-16-17-18-19-20-21-22-23-24-25-26-27-29-31-37-41-48(55)58-44(38-34-30-28-12-10-8-6-4-2)39-35-32-33-36-40-46(53)50-42-47(54)51-45(43-52)49(56)57/h5,7,11,13,15-16,18-19,34,38,44-45,52H,3-4,6,8-10,12,14,17,20-33,35-37,39-43H2,1-2H3,(H,50,53)(H,51,54)(H,56,57)/b7-5-,13-11-,16-15-,19-18-,38-34-. The number of aliphatic hydroxyl groups is 1. The molecular weight excluding hydrogens is 729 g/mol. The maximum absolute atomic E-state index is 12.8. The molecule has 2 amide bonds. The fourth-order valence-corrected chi connectivity index (χ4v) is 6.44. The lowest BCUT2D eigenvalue weighted by Crippen LogP contribution is -2.47. The maximum atomic E-state index is 12.8. The minimum Gasteiger partial charge on any atom is -0.480 e. The van der Waals surface area contributed by atoms with E-state index in [1.54, 1.807) is 0 Å². The van der Waals surface area contributed by atoms with Crippen LogP contribution in [0.2, 0.25) is 0 Å². The molecule has 9 heteroatoms. The fraction of sp³-hybridized carbons (Fsp3) is 0.714. The third kappa shape index (κ3) is 39.4. The van der Waals surface area contributed by atoms with Crippen LogP contribution in [0.5, 0.6) is 0 Å². The third-order valence-corrected chi connectivity index (χ3v) is 9.98. The van der Waals surface area contributed by atoms with E-state index in [9.17, 15) is 19.2 Å². The molecule has 0 aromatic rings. The van der Waals surface area contributed by atoms with Gasteiger partial charge >= 0.3 is 11.9 Å². The molecule has 0 aliphatic carbocycles. The Morgan fingerprint density at radius 1 is 0.552 bits per heavy atom. The van der Waals surface area contributed by atoms with Gasteiger partial charge in [-0.15, -0.1) is 0 Å². The van der Waals surface area contributed by atoms with Crippen LogP contribution in [0.25, 0.3) is 0 Å². The molecule has 0 spiro atoms. The van der Waals surface area contributed by atoms with Crippen LogP contribution >= 0.6 is 0 Å². The molecule has 0 saturated carbocycles. The Morgan fingerprint density at radius 2 is 1.03 bits per heavy atom. The third-order valence-electron chi connectivity index (χ3n) is 9.98. The highest BCUT2D eigenvalue weighted by atomic mass is 16.5. The average Bonchev–Trinajstić information content (AvgIpc) is 3.21. The smallest absolute Gasteiger partial charge is 0.328 e. The number of carbonyl (C=O) groups excluding carboxylic acids is 3. The Balaban J connectivity index is 4.15. The van der Waals surface area contributed by atoms with E-state index >= 15 is 0 Å². The van der Waals surface area contributed by atoms with Gasteiger partial charge in [0.05, 0.1) is 13.2 Å². The van der Waals surface area contributed by atoms with E-state index in [0.29, 0.717) is 12.8 Å². The van der Waals surface area contributed by atoms with Crippen molar-refractivity contribution < 1.29 is 34.1 Å². The molecule has 0 bridgehead atoms. The van der Waals surface area contributed by atoms with Crippen LogP contribution in [0.15, 0.2) is 60.8 Å². The Hall–Kier alpha value is -3.46. The van der Waals surface area contributed by atoms with Crippen molar-refractivity contribution in [2.45, 2.75) is 212 Å².